The van der Waals surface area contributed by atoms with Gasteiger partial charge in [-0.25, -0.2) is 0 Å². The van der Waals surface area contributed by atoms with Crippen LogP contribution in [-0.2, 0) is 0 Å². The van der Waals surface area contributed by atoms with E-state index in [1.807, 2.05) is 0 Å². The molecule has 0 aromatic carbocycles. The molecule has 5 heteroatoms. The zero-order chi connectivity index (χ0) is 13.0. The first kappa shape index (κ1) is 12.6. The summed E-state index contributed by atoms with van der Waals surface area (Å²) in [6, 6.07) is 4.63. The molecule has 2 heterocycles. The quantitative estimate of drug-likeness (QED) is 0.733. The monoisotopic (exact) mass is 248 g/mol. The molecule has 2 unspecified atom stereocenters. The topological polar surface area (TPSA) is 76.8 Å². The number of aromatic nitrogens is 1. The number of rotatable bonds is 4. The number of aliphatic hydroxyl groups is 3. The van der Waals surface area contributed by atoms with E-state index in [1.165, 1.54) is 6.08 Å². The van der Waals surface area contributed by atoms with Crippen LogP contribution in [0.1, 0.15) is 11.8 Å². The van der Waals surface area contributed by atoms with E-state index >= 15 is 0 Å². The number of nitrogens with zero attached hydrogens (tertiary/aromatic N) is 2. The lowest BCUT2D eigenvalue weighted by Gasteiger charge is -2.34. The summed E-state index contributed by atoms with van der Waals surface area (Å²) in [5.41, 5.74) is 0.487. The molecule has 2 rings (SSSR count). The Hall–Kier alpha value is -1.85. The molecule has 1 aliphatic rings. The van der Waals surface area contributed by atoms with Gasteiger partial charge in [-0.15, -0.1) is 0 Å². The van der Waals surface area contributed by atoms with Crippen molar-refractivity contribution in [2.75, 3.05) is 13.2 Å². The molecule has 1 aromatic heterocycles. The van der Waals surface area contributed by atoms with Crippen molar-refractivity contribution in [3.63, 3.8) is 0 Å². The fourth-order valence-electron chi connectivity index (χ4n) is 2.00. The zero-order valence-electron chi connectivity index (χ0n) is 9.85. The molecule has 0 aliphatic carbocycles. The highest BCUT2D eigenvalue weighted by molar-refractivity contribution is 5.23. The second-order valence-electron chi connectivity index (χ2n) is 4.04. The van der Waals surface area contributed by atoms with Gasteiger partial charge in [-0.1, -0.05) is 6.07 Å². The van der Waals surface area contributed by atoms with Crippen molar-refractivity contribution in [2.24, 2.45) is 0 Å². The minimum atomic E-state index is -0.945. The summed E-state index contributed by atoms with van der Waals surface area (Å²) in [5.74, 6) is 0.0594. The molecule has 0 fully saturated rings. The van der Waals surface area contributed by atoms with Crippen molar-refractivity contribution in [3.05, 3.63) is 54.2 Å². The molecule has 0 spiro atoms. The molecule has 1 aliphatic heterocycles. The van der Waals surface area contributed by atoms with Crippen molar-refractivity contribution in [1.82, 2.24) is 9.88 Å². The molecule has 5 nitrogen and oxygen atoms in total. The van der Waals surface area contributed by atoms with E-state index in [2.05, 4.69) is 4.98 Å². The molecule has 0 amide bonds. The summed E-state index contributed by atoms with van der Waals surface area (Å²) in [7, 11) is 0. The number of aliphatic hydroxyl groups excluding tert-OH is 3. The van der Waals surface area contributed by atoms with Gasteiger partial charge in [-0.2, -0.15) is 0 Å². The Morgan fingerprint density at radius 1 is 1.39 bits per heavy atom. The highest BCUT2D eigenvalue weighted by Crippen LogP contribution is 2.26. The van der Waals surface area contributed by atoms with E-state index in [0.29, 0.717) is 12.2 Å². The summed E-state index contributed by atoms with van der Waals surface area (Å²) in [6.07, 6.45) is 5.58. The van der Waals surface area contributed by atoms with E-state index in [9.17, 15) is 10.2 Å². The molecular weight excluding hydrogens is 232 g/mol. The Labute approximate surface area is 105 Å². The first-order valence-corrected chi connectivity index (χ1v) is 5.77. The van der Waals surface area contributed by atoms with Crippen LogP contribution in [0.5, 0.6) is 0 Å². The van der Waals surface area contributed by atoms with Crippen LogP contribution in [0.2, 0.25) is 0 Å². The van der Waals surface area contributed by atoms with Crippen LogP contribution < -0.4 is 0 Å². The molecule has 96 valence electrons. The van der Waals surface area contributed by atoms with Gasteiger partial charge >= 0.3 is 0 Å². The summed E-state index contributed by atoms with van der Waals surface area (Å²) >= 11 is 0. The first-order valence-electron chi connectivity index (χ1n) is 5.77. The van der Waals surface area contributed by atoms with Crippen LogP contribution >= 0.6 is 0 Å². The Morgan fingerprint density at radius 3 is 2.89 bits per heavy atom. The van der Waals surface area contributed by atoms with E-state index in [-0.39, 0.29) is 12.4 Å². The minimum absolute atomic E-state index is 0.0525. The Bertz CT molecular complexity index is 445. The maximum absolute atomic E-state index is 10.3. The maximum Gasteiger partial charge on any atom is 0.123 e. The van der Waals surface area contributed by atoms with Crippen LogP contribution in [0.15, 0.2) is 48.5 Å². The van der Waals surface area contributed by atoms with Gasteiger partial charge in [0.2, 0.25) is 0 Å². The third kappa shape index (κ3) is 2.52. The van der Waals surface area contributed by atoms with Gasteiger partial charge in [0.05, 0.1) is 12.3 Å². The van der Waals surface area contributed by atoms with Gasteiger partial charge in [0, 0.05) is 18.9 Å². The molecule has 2 atom stereocenters. The molecule has 0 radical (unpaired) electrons. The molecule has 18 heavy (non-hydrogen) atoms. The minimum Gasteiger partial charge on any atom is -0.510 e. The average Bonchev–Trinajstić information content (AvgIpc) is 2.40. The lowest BCUT2D eigenvalue weighted by molar-refractivity contribution is 0.0564. The fraction of sp³-hybridized carbons (Fsp3) is 0.308. The molecule has 1 aromatic rings. The summed E-state index contributed by atoms with van der Waals surface area (Å²) in [5, 5.41) is 29.2. The Balaban J connectivity index is 2.23. The second kappa shape index (κ2) is 5.66. The fourth-order valence-corrected chi connectivity index (χ4v) is 2.00. The Kier molecular flexibility index (Phi) is 3.96. The number of β-amino-alcohol motifs (C(OH)–C–C–N with tert-alkyl or cyclic N) is 1. The molecule has 0 saturated heterocycles. The van der Waals surface area contributed by atoms with Gasteiger partial charge in [0.25, 0.3) is 0 Å². The van der Waals surface area contributed by atoms with E-state index in [1.54, 1.807) is 41.6 Å². The molecular formula is C13H16N2O3. The van der Waals surface area contributed by atoms with E-state index in [0.717, 1.165) is 0 Å². The lowest BCUT2D eigenvalue weighted by Crippen LogP contribution is -2.40. The third-order valence-corrected chi connectivity index (χ3v) is 2.85. The SMILES string of the molecule is OCCN1C=CC=C(O)C1C(O)c1ccccn1. The summed E-state index contributed by atoms with van der Waals surface area (Å²) in [4.78, 5) is 5.77. The van der Waals surface area contributed by atoms with Gasteiger partial charge in [0.1, 0.15) is 17.9 Å². The van der Waals surface area contributed by atoms with Crippen LogP contribution in [0, 0.1) is 0 Å². The number of allylic oxidation sites excluding steroid dienone is 2. The number of hydrogen-bond acceptors (Lipinski definition) is 5. The summed E-state index contributed by atoms with van der Waals surface area (Å²) in [6.45, 7) is 0.284. The van der Waals surface area contributed by atoms with Crippen molar-refractivity contribution in [3.8, 4) is 0 Å². The van der Waals surface area contributed by atoms with Gasteiger partial charge in [-0.05, 0) is 24.3 Å². The largest absolute Gasteiger partial charge is 0.510 e. The molecule has 0 bridgehead atoms. The van der Waals surface area contributed by atoms with Crippen LogP contribution in [0.4, 0.5) is 0 Å². The number of pyridine rings is 1. The Morgan fingerprint density at radius 2 is 2.22 bits per heavy atom. The summed E-state index contributed by atoms with van der Waals surface area (Å²) < 4.78 is 0. The maximum atomic E-state index is 10.3. The molecule has 0 saturated carbocycles. The standard InChI is InChI=1S/C13H16N2O3/c16-9-8-15-7-3-5-11(17)12(15)13(18)10-4-1-2-6-14-10/h1-7,12-13,16-18H,8-9H2. The van der Waals surface area contributed by atoms with Gasteiger partial charge in [0.15, 0.2) is 0 Å². The highest BCUT2D eigenvalue weighted by Gasteiger charge is 2.31. The van der Waals surface area contributed by atoms with Crippen LogP contribution in [-0.4, -0.2) is 44.4 Å². The van der Waals surface area contributed by atoms with Crippen molar-refractivity contribution >= 4 is 0 Å². The normalized spacial score (nSPS) is 20.7. The highest BCUT2D eigenvalue weighted by atomic mass is 16.3. The van der Waals surface area contributed by atoms with Crippen molar-refractivity contribution in [1.29, 1.82) is 0 Å². The third-order valence-electron chi connectivity index (χ3n) is 2.85. The van der Waals surface area contributed by atoms with Crippen LogP contribution in [0.3, 0.4) is 0 Å². The van der Waals surface area contributed by atoms with Crippen molar-refractivity contribution < 1.29 is 15.3 Å². The predicted octanol–water partition coefficient (Wildman–Crippen LogP) is 0.747. The van der Waals surface area contributed by atoms with Crippen molar-refractivity contribution in [2.45, 2.75) is 12.1 Å². The van der Waals surface area contributed by atoms with E-state index < -0.39 is 12.1 Å². The number of hydrogen-bond donors (Lipinski definition) is 3. The van der Waals surface area contributed by atoms with E-state index in [4.69, 9.17) is 5.11 Å². The van der Waals surface area contributed by atoms with Gasteiger partial charge < -0.3 is 20.2 Å². The van der Waals surface area contributed by atoms with Gasteiger partial charge in [-0.3, -0.25) is 4.98 Å². The zero-order valence-corrected chi connectivity index (χ0v) is 9.85. The molecule has 3 N–H and O–H groups in total. The van der Waals surface area contributed by atoms with Crippen LogP contribution in [0.25, 0.3) is 0 Å². The smallest absolute Gasteiger partial charge is 0.123 e. The average molecular weight is 248 g/mol. The lowest BCUT2D eigenvalue weighted by atomic mass is 10.0. The predicted molar refractivity (Wildman–Crippen MR) is 66.6 cm³/mol. The second-order valence-corrected chi connectivity index (χ2v) is 4.04. The first-order chi connectivity index (χ1) is 8.74.